The van der Waals surface area contributed by atoms with Crippen LogP contribution < -0.4 is 0 Å². The molecular weight excluding hydrogens is 356 g/mol. The summed E-state index contributed by atoms with van der Waals surface area (Å²) >= 11 is 0. The van der Waals surface area contributed by atoms with Crippen molar-refractivity contribution in [2.75, 3.05) is 0 Å². The van der Waals surface area contributed by atoms with Gasteiger partial charge in [-0.25, -0.2) is 0 Å². The van der Waals surface area contributed by atoms with E-state index in [9.17, 15) is 4.79 Å². The molecular formula is C23H26O5. The van der Waals surface area contributed by atoms with E-state index in [1.54, 1.807) is 0 Å². The molecule has 2 saturated heterocycles. The van der Waals surface area contributed by atoms with Gasteiger partial charge in [-0.05, 0) is 31.4 Å². The highest BCUT2D eigenvalue weighted by atomic mass is 16.8. The smallest absolute Gasteiger partial charge is 0.190 e. The average Bonchev–Trinajstić information content (AvgIpc) is 3.18. The van der Waals surface area contributed by atoms with Gasteiger partial charge in [-0.1, -0.05) is 60.7 Å². The van der Waals surface area contributed by atoms with Gasteiger partial charge in [0.25, 0.3) is 0 Å². The van der Waals surface area contributed by atoms with Crippen molar-refractivity contribution < 1.29 is 23.7 Å². The van der Waals surface area contributed by atoms with Crippen LogP contribution in [0, 0.1) is 0 Å². The first-order chi connectivity index (χ1) is 13.5. The molecule has 28 heavy (non-hydrogen) atoms. The van der Waals surface area contributed by atoms with Crippen LogP contribution in [0.1, 0.15) is 31.4 Å². The summed E-state index contributed by atoms with van der Waals surface area (Å²) in [5, 5.41) is 0. The van der Waals surface area contributed by atoms with Crippen molar-refractivity contribution in [3.05, 3.63) is 71.8 Å². The molecule has 148 valence electrons. The predicted molar refractivity (Wildman–Crippen MR) is 103 cm³/mol. The lowest BCUT2D eigenvalue weighted by Gasteiger charge is -2.25. The van der Waals surface area contributed by atoms with Crippen LogP contribution in [-0.2, 0) is 36.8 Å². The number of carbonyl (C=O) groups excluding carboxylic acids is 1. The maximum Gasteiger partial charge on any atom is 0.190 e. The number of hydrogen-bond acceptors (Lipinski definition) is 5. The predicted octanol–water partition coefficient (Wildman–Crippen LogP) is 3.65. The average molecular weight is 382 g/mol. The first-order valence-electron chi connectivity index (χ1n) is 9.75. The van der Waals surface area contributed by atoms with E-state index < -0.39 is 30.4 Å². The Morgan fingerprint density at radius 1 is 0.964 bits per heavy atom. The molecule has 2 aliphatic rings. The van der Waals surface area contributed by atoms with Crippen molar-refractivity contribution in [3.63, 3.8) is 0 Å². The minimum absolute atomic E-state index is 0.0151. The molecule has 0 bridgehead atoms. The number of benzene rings is 2. The molecule has 5 heteroatoms. The second-order valence-electron chi connectivity index (χ2n) is 7.74. The highest BCUT2D eigenvalue weighted by Crippen LogP contribution is 2.39. The Labute approximate surface area is 165 Å². The zero-order chi connectivity index (χ0) is 19.6. The number of ether oxygens (including phenoxy) is 4. The molecule has 4 atom stereocenters. The van der Waals surface area contributed by atoms with Gasteiger partial charge in [-0.2, -0.15) is 0 Å². The molecule has 2 fully saturated rings. The molecule has 2 aromatic carbocycles. The molecule has 2 aliphatic heterocycles. The summed E-state index contributed by atoms with van der Waals surface area (Å²) in [7, 11) is 0. The van der Waals surface area contributed by atoms with Gasteiger partial charge in [0.05, 0.1) is 6.61 Å². The Balaban J connectivity index is 1.44. The summed E-state index contributed by atoms with van der Waals surface area (Å²) in [5.41, 5.74) is 2.17. The third kappa shape index (κ3) is 4.33. The summed E-state index contributed by atoms with van der Waals surface area (Å²) in [6.07, 6.45) is -1.10. The van der Waals surface area contributed by atoms with E-state index in [-0.39, 0.29) is 5.78 Å². The first kappa shape index (κ1) is 19.3. The minimum atomic E-state index is -0.748. The van der Waals surface area contributed by atoms with Crippen molar-refractivity contribution in [3.8, 4) is 0 Å². The Bertz CT molecular complexity index is 789. The van der Waals surface area contributed by atoms with Gasteiger partial charge in [-0.15, -0.1) is 0 Å². The maximum atomic E-state index is 12.9. The van der Waals surface area contributed by atoms with E-state index in [1.807, 2.05) is 74.5 Å². The van der Waals surface area contributed by atoms with E-state index in [2.05, 4.69) is 0 Å². The van der Waals surface area contributed by atoms with Crippen LogP contribution in [0.25, 0.3) is 0 Å². The summed E-state index contributed by atoms with van der Waals surface area (Å²) in [5.74, 6) is -0.733. The highest BCUT2D eigenvalue weighted by Gasteiger charge is 2.57. The van der Waals surface area contributed by atoms with E-state index in [0.717, 1.165) is 11.1 Å². The number of carbonyl (C=O) groups is 1. The minimum Gasteiger partial charge on any atom is -0.367 e. The van der Waals surface area contributed by atoms with Crippen LogP contribution in [0.5, 0.6) is 0 Å². The van der Waals surface area contributed by atoms with Gasteiger partial charge in [0.2, 0.25) is 0 Å². The number of fused-ring (bicyclic) bond motifs is 1. The number of Topliss-reactive ketones (excluding diaryl/α,β-unsaturated/α-hetero) is 1. The molecule has 0 spiro atoms. The Morgan fingerprint density at radius 3 is 2.29 bits per heavy atom. The van der Waals surface area contributed by atoms with Crippen LogP contribution in [0.15, 0.2) is 60.7 Å². The van der Waals surface area contributed by atoms with Gasteiger partial charge < -0.3 is 18.9 Å². The van der Waals surface area contributed by atoms with Gasteiger partial charge in [0.1, 0.15) is 18.3 Å². The standard InChI is InChI=1S/C23H26O5/c1-23(2)27-21-20(25-15-17-11-7-4-8-12-17)19(26-22(21)28-23)18(24)14-13-16-9-5-3-6-10-16/h3-12,19-22H,13-15H2,1-2H3/t19-,20?,21?,22?/m1/s1. The Hall–Kier alpha value is -2.05. The number of rotatable bonds is 7. The first-order valence-corrected chi connectivity index (χ1v) is 9.75. The molecule has 0 N–H and O–H groups in total. The van der Waals surface area contributed by atoms with Crippen molar-refractivity contribution in [1.82, 2.24) is 0 Å². The second kappa shape index (κ2) is 8.13. The molecule has 2 aromatic rings. The van der Waals surface area contributed by atoms with E-state index in [1.165, 1.54) is 0 Å². The van der Waals surface area contributed by atoms with Crippen molar-refractivity contribution >= 4 is 5.78 Å². The fraction of sp³-hybridized carbons (Fsp3) is 0.435. The zero-order valence-electron chi connectivity index (χ0n) is 16.2. The maximum absolute atomic E-state index is 12.9. The third-order valence-electron chi connectivity index (χ3n) is 5.10. The van der Waals surface area contributed by atoms with Crippen molar-refractivity contribution in [2.45, 2.75) is 63.7 Å². The van der Waals surface area contributed by atoms with Crippen molar-refractivity contribution in [2.24, 2.45) is 0 Å². The van der Waals surface area contributed by atoms with Crippen LogP contribution in [0.2, 0.25) is 0 Å². The normalized spacial score (nSPS) is 28.2. The molecule has 2 heterocycles. The van der Waals surface area contributed by atoms with Crippen molar-refractivity contribution in [1.29, 1.82) is 0 Å². The van der Waals surface area contributed by atoms with E-state index in [4.69, 9.17) is 18.9 Å². The molecule has 4 rings (SSSR count). The lowest BCUT2D eigenvalue weighted by Crippen LogP contribution is -2.40. The van der Waals surface area contributed by atoms with Crippen LogP contribution >= 0.6 is 0 Å². The zero-order valence-corrected chi connectivity index (χ0v) is 16.2. The van der Waals surface area contributed by atoms with Gasteiger partial charge in [0, 0.05) is 6.42 Å². The van der Waals surface area contributed by atoms with Crippen LogP contribution in [-0.4, -0.2) is 36.2 Å². The summed E-state index contributed by atoms with van der Waals surface area (Å²) in [4.78, 5) is 12.9. The third-order valence-corrected chi connectivity index (χ3v) is 5.10. The van der Waals surface area contributed by atoms with Gasteiger partial charge >= 0.3 is 0 Å². The van der Waals surface area contributed by atoms with Gasteiger partial charge in [-0.3, -0.25) is 4.79 Å². The molecule has 0 amide bonds. The number of ketones is 1. The molecule has 0 radical (unpaired) electrons. The molecule has 0 aromatic heterocycles. The number of hydrogen-bond donors (Lipinski definition) is 0. The fourth-order valence-corrected chi connectivity index (χ4v) is 3.74. The van der Waals surface area contributed by atoms with Crippen LogP contribution in [0.4, 0.5) is 0 Å². The van der Waals surface area contributed by atoms with E-state index in [0.29, 0.717) is 19.4 Å². The topological polar surface area (TPSA) is 54.0 Å². The highest BCUT2D eigenvalue weighted by molar-refractivity contribution is 5.84. The summed E-state index contributed by atoms with van der Waals surface area (Å²) < 4.78 is 23.9. The second-order valence-corrected chi connectivity index (χ2v) is 7.74. The van der Waals surface area contributed by atoms with E-state index >= 15 is 0 Å². The Morgan fingerprint density at radius 2 is 1.61 bits per heavy atom. The molecule has 3 unspecified atom stereocenters. The Kier molecular flexibility index (Phi) is 5.60. The lowest BCUT2D eigenvalue weighted by atomic mass is 10.0. The monoisotopic (exact) mass is 382 g/mol. The van der Waals surface area contributed by atoms with Gasteiger partial charge in [0.15, 0.2) is 17.9 Å². The number of aryl methyl sites for hydroxylation is 1. The quantitative estimate of drug-likeness (QED) is 0.732. The summed E-state index contributed by atoms with van der Waals surface area (Å²) in [6, 6.07) is 19.9. The largest absolute Gasteiger partial charge is 0.367 e. The van der Waals surface area contributed by atoms with Crippen LogP contribution in [0.3, 0.4) is 0 Å². The fourth-order valence-electron chi connectivity index (χ4n) is 3.74. The molecule has 5 nitrogen and oxygen atoms in total. The molecule has 0 saturated carbocycles. The lowest BCUT2D eigenvalue weighted by molar-refractivity contribution is -0.218. The SMILES string of the molecule is CC1(C)OC2O[C@H](C(=O)CCc3ccccc3)C(OCc3ccccc3)C2O1. The molecule has 0 aliphatic carbocycles. The summed E-state index contributed by atoms with van der Waals surface area (Å²) in [6.45, 7) is 4.08.